The Balaban J connectivity index is 1.33. The maximum atomic E-state index is 12.5. The summed E-state index contributed by atoms with van der Waals surface area (Å²) in [6.45, 7) is 7.41. The maximum Gasteiger partial charge on any atom is 0.315 e. The summed E-state index contributed by atoms with van der Waals surface area (Å²) in [4.78, 5) is 14.9. The van der Waals surface area contributed by atoms with Crippen molar-refractivity contribution in [3.63, 3.8) is 0 Å². The molecule has 2 fully saturated rings. The zero-order valence-corrected chi connectivity index (χ0v) is 16.4. The van der Waals surface area contributed by atoms with Gasteiger partial charge in [0.05, 0.1) is 25.9 Å². The number of ether oxygens (including phenoxy) is 2. The number of hydrogen-bond acceptors (Lipinski definition) is 5. The lowest BCUT2D eigenvalue weighted by molar-refractivity contribution is 0.00211. The number of fused-ring (bicyclic) bond motifs is 1. The van der Waals surface area contributed by atoms with Gasteiger partial charge >= 0.3 is 6.03 Å². The van der Waals surface area contributed by atoms with Gasteiger partial charge in [-0.05, 0) is 25.5 Å². The Labute approximate surface area is 165 Å². The summed E-state index contributed by atoms with van der Waals surface area (Å²) >= 11 is 0. The first-order valence-corrected chi connectivity index (χ1v) is 10.1. The van der Waals surface area contributed by atoms with Crippen LogP contribution in [-0.4, -0.2) is 63.0 Å². The van der Waals surface area contributed by atoms with Crippen LogP contribution >= 0.6 is 0 Å². The molecule has 3 unspecified atom stereocenters. The molecule has 7 heteroatoms. The molecule has 2 amide bonds. The first-order valence-electron chi connectivity index (χ1n) is 10.1. The van der Waals surface area contributed by atoms with Crippen molar-refractivity contribution in [1.82, 2.24) is 15.5 Å². The highest BCUT2D eigenvalue weighted by atomic mass is 16.5. The second-order valence-corrected chi connectivity index (χ2v) is 7.60. The van der Waals surface area contributed by atoms with Gasteiger partial charge in [0.25, 0.3) is 0 Å². The van der Waals surface area contributed by atoms with Gasteiger partial charge in [0.1, 0.15) is 11.3 Å². The second kappa shape index (κ2) is 8.94. The molecule has 2 saturated heterocycles. The predicted molar refractivity (Wildman–Crippen MR) is 106 cm³/mol. The number of furan rings is 1. The normalized spacial score (nSPS) is 22.8. The molecule has 1 aromatic heterocycles. The Morgan fingerprint density at radius 2 is 2.04 bits per heavy atom. The molecule has 2 N–H and O–H groups in total. The molecular formula is C21H29N3O4. The zero-order valence-electron chi connectivity index (χ0n) is 16.4. The van der Waals surface area contributed by atoms with E-state index in [0.717, 1.165) is 62.7 Å². The van der Waals surface area contributed by atoms with E-state index in [-0.39, 0.29) is 18.1 Å². The molecule has 3 heterocycles. The molecule has 3 atom stereocenters. The standard InChI is InChI=1S/C21H29N3O4/c1-15(20-12-16-4-2-3-5-19(16)28-20)23-21(25)22-13-18(17-6-9-27-14-17)24-7-10-26-11-8-24/h2-5,12,15,17-18H,6-11,13-14H2,1H3,(H2,22,23,25). The molecular weight excluding hydrogens is 358 g/mol. The van der Waals surface area contributed by atoms with Gasteiger partial charge in [-0.15, -0.1) is 0 Å². The van der Waals surface area contributed by atoms with Crippen LogP contribution in [-0.2, 0) is 9.47 Å². The third-order valence-corrected chi connectivity index (χ3v) is 5.71. The Bertz CT molecular complexity index is 748. The molecule has 152 valence electrons. The van der Waals surface area contributed by atoms with Crippen LogP contribution in [0.2, 0.25) is 0 Å². The fraction of sp³-hybridized carbons (Fsp3) is 0.571. The van der Waals surface area contributed by atoms with Crippen molar-refractivity contribution >= 4 is 17.0 Å². The third-order valence-electron chi connectivity index (χ3n) is 5.71. The minimum atomic E-state index is -0.205. The van der Waals surface area contributed by atoms with Crippen LogP contribution in [0.25, 0.3) is 11.0 Å². The number of rotatable bonds is 6. The Hall–Kier alpha value is -2.09. The quantitative estimate of drug-likeness (QED) is 0.797. The largest absolute Gasteiger partial charge is 0.459 e. The van der Waals surface area contributed by atoms with Crippen LogP contribution < -0.4 is 10.6 Å². The number of urea groups is 1. The lowest BCUT2D eigenvalue weighted by Gasteiger charge is -2.37. The van der Waals surface area contributed by atoms with Gasteiger partial charge in [0, 0.05) is 43.6 Å². The molecule has 2 aromatic rings. The molecule has 7 nitrogen and oxygen atoms in total. The summed E-state index contributed by atoms with van der Waals surface area (Å²) in [6.07, 6.45) is 1.04. The molecule has 0 saturated carbocycles. The van der Waals surface area contributed by atoms with Crippen molar-refractivity contribution in [2.75, 3.05) is 46.1 Å². The van der Waals surface area contributed by atoms with E-state index < -0.39 is 0 Å². The van der Waals surface area contributed by atoms with Crippen LogP contribution in [0.1, 0.15) is 25.1 Å². The third kappa shape index (κ3) is 4.48. The molecule has 0 bridgehead atoms. The van der Waals surface area contributed by atoms with Crippen molar-refractivity contribution in [3.8, 4) is 0 Å². The van der Waals surface area contributed by atoms with E-state index in [1.165, 1.54) is 0 Å². The monoisotopic (exact) mass is 387 g/mol. The summed E-state index contributed by atoms with van der Waals surface area (Å²) < 4.78 is 16.9. The topological polar surface area (TPSA) is 76.0 Å². The summed E-state index contributed by atoms with van der Waals surface area (Å²) in [5.41, 5.74) is 0.833. The molecule has 0 spiro atoms. The first-order chi connectivity index (χ1) is 13.7. The fourth-order valence-electron chi connectivity index (χ4n) is 4.09. The van der Waals surface area contributed by atoms with Crippen LogP contribution in [0.4, 0.5) is 4.79 Å². The molecule has 2 aliphatic heterocycles. The van der Waals surface area contributed by atoms with Gasteiger partial charge in [0.2, 0.25) is 0 Å². The number of carbonyl (C=O) groups is 1. The summed E-state index contributed by atoms with van der Waals surface area (Å²) in [5, 5.41) is 7.09. The average Bonchev–Trinajstić information content (AvgIpc) is 3.39. The van der Waals surface area contributed by atoms with Gasteiger partial charge in [-0.2, -0.15) is 0 Å². The highest BCUT2D eigenvalue weighted by Gasteiger charge is 2.31. The molecule has 0 radical (unpaired) electrons. The molecule has 2 aliphatic rings. The van der Waals surface area contributed by atoms with E-state index in [0.29, 0.717) is 12.5 Å². The van der Waals surface area contributed by atoms with Crippen LogP contribution in [0, 0.1) is 5.92 Å². The van der Waals surface area contributed by atoms with E-state index in [1.54, 1.807) is 0 Å². The van der Waals surface area contributed by atoms with Crippen LogP contribution in [0.3, 0.4) is 0 Å². The van der Waals surface area contributed by atoms with E-state index >= 15 is 0 Å². The zero-order chi connectivity index (χ0) is 19.3. The van der Waals surface area contributed by atoms with Crippen molar-refractivity contribution in [3.05, 3.63) is 36.1 Å². The Morgan fingerprint density at radius 3 is 2.79 bits per heavy atom. The second-order valence-electron chi connectivity index (χ2n) is 7.60. The number of nitrogens with zero attached hydrogens (tertiary/aromatic N) is 1. The van der Waals surface area contributed by atoms with Crippen LogP contribution in [0.5, 0.6) is 0 Å². The lowest BCUT2D eigenvalue weighted by Crippen LogP contribution is -2.53. The summed E-state index contributed by atoms with van der Waals surface area (Å²) in [7, 11) is 0. The van der Waals surface area contributed by atoms with Gasteiger partial charge in [-0.3, -0.25) is 4.90 Å². The number of para-hydroxylation sites is 1. The number of morpholine rings is 1. The first kappa shape index (κ1) is 19.2. The Morgan fingerprint density at radius 1 is 1.21 bits per heavy atom. The minimum Gasteiger partial charge on any atom is -0.459 e. The van der Waals surface area contributed by atoms with Gasteiger partial charge in [-0.25, -0.2) is 4.79 Å². The van der Waals surface area contributed by atoms with Crippen molar-refractivity contribution in [2.45, 2.75) is 25.4 Å². The maximum absolute atomic E-state index is 12.5. The SMILES string of the molecule is CC(NC(=O)NCC(C1CCOC1)N1CCOCC1)c1cc2ccccc2o1. The molecule has 4 rings (SSSR count). The van der Waals surface area contributed by atoms with E-state index in [2.05, 4.69) is 15.5 Å². The van der Waals surface area contributed by atoms with Gasteiger partial charge < -0.3 is 24.5 Å². The highest BCUT2D eigenvalue weighted by molar-refractivity contribution is 5.78. The summed E-state index contributed by atoms with van der Waals surface area (Å²) in [6, 6.07) is 9.73. The van der Waals surface area contributed by atoms with Gasteiger partial charge in [-0.1, -0.05) is 18.2 Å². The highest BCUT2D eigenvalue weighted by Crippen LogP contribution is 2.24. The number of amides is 2. The Kier molecular flexibility index (Phi) is 6.14. The number of nitrogens with one attached hydrogen (secondary N) is 2. The minimum absolute atomic E-state index is 0.176. The smallest absolute Gasteiger partial charge is 0.315 e. The van der Waals surface area contributed by atoms with E-state index in [1.807, 2.05) is 37.3 Å². The van der Waals surface area contributed by atoms with Crippen molar-refractivity contribution < 1.29 is 18.7 Å². The van der Waals surface area contributed by atoms with Crippen molar-refractivity contribution in [1.29, 1.82) is 0 Å². The molecule has 1 aromatic carbocycles. The number of carbonyl (C=O) groups excluding carboxylic acids is 1. The number of benzene rings is 1. The number of hydrogen-bond donors (Lipinski definition) is 2. The van der Waals surface area contributed by atoms with Crippen LogP contribution in [0.15, 0.2) is 34.7 Å². The fourth-order valence-corrected chi connectivity index (χ4v) is 4.09. The lowest BCUT2D eigenvalue weighted by atomic mass is 9.97. The predicted octanol–water partition coefficient (Wildman–Crippen LogP) is 2.53. The summed E-state index contributed by atoms with van der Waals surface area (Å²) in [5.74, 6) is 1.21. The van der Waals surface area contributed by atoms with E-state index in [9.17, 15) is 4.79 Å². The van der Waals surface area contributed by atoms with E-state index in [4.69, 9.17) is 13.9 Å². The van der Waals surface area contributed by atoms with Gasteiger partial charge in [0.15, 0.2) is 0 Å². The molecule has 28 heavy (non-hydrogen) atoms. The average molecular weight is 387 g/mol. The molecule has 0 aliphatic carbocycles. The van der Waals surface area contributed by atoms with Crippen molar-refractivity contribution in [2.24, 2.45) is 5.92 Å².